The van der Waals surface area contributed by atoms with E-state index in [2.05, 4.69) is 10.6 Å². The fourth-order valence-corrected chi connectivity index (χ4v) is 5.58. The topological polar surface area (TPSA) is 137 Å². The number of aliphatic hydroxyl groups is 3. The zero-order valence-electron chi connectivity index (χ0n) is 25.9. The monoisotopic (exact) mass is 622 g/mol. The Morgan fingerprint density at radius 2 is 1.67 bits per heavy atom. The number of alkyl carbamates (subject to hydrolysis) is 1. The van der Waals surface area contributed by atoms with E-state index in [1.165, 1.54) is 6.07 Å². The van der Waals surface area contributed by atoms with Gasteiger partial charge in [0.1, 0.15) is 23.8 Å². The van der Waals surface area contributed by atoms with Gasteiger partial charge in [-0.15, -0.1) is 0 Å². The standard InChI is InChI=1S/C35H43FN2O7/c1-35(2,3)45-34(43)37-29(19-22-8-5-4-6-9-22)30(40)20-24(18-23-12-14-25(15-13-23)44-17-16-39)33(42)38-32-26-10-7-11-28(36)27(26)21-31(32)41/h4-15,24,29-32,39-41H,16-21H2,1-3H3,(H,37,43)(H,38,42)/t24-,29+,30+,31-,32+/m1/s1. The van der Waals surface area contributed by atoms with Crippen LogP contribution in [0.15, 0.2) is 72.8 Å². The van der Waals surface area contributed by atoms with Gasteiger partial charge in [-0.1, -0.05) is 54.6 Å². The van der Waals surface area contributed by atoms with Crippen molar-refractivity contribution in [1.29, 1.82) is 0 Å². The van der Waals surface area contributed by atoms with Gasteiger partial charge in [-0.3, -0.25) is 4.79 Å². The van der Waals surface area contributed by atoms with Crippen LogP contribution in [0.2, 0.25) is 0 Å². The number of rotatable bonds is 13. The zero-order chi connectivity index (χ0) is 32.6. The number of halogens is 1. The minimum absolute atomic E-state index is 0.0271. The SMILES string of the molecule is CC(C)(C)OC(=O)N[C@@H](Cc1ccccc1)[C@@H](O)C[C@@H](Cc1ccc(OCCO)cc1)C(=O)N[C@H]1c2cccc(F)c2C[C@H]1O. The van der Waals surface area contributed by atoms with Crippen LogP contribution in [0, 0.1) is 11.7 Å². The maximum absolute atomic E-state index is 14.5. The van der Waals surface area contributed by atoms with Crippen LogP contribution in [0.25, 0.3) is 0 Å². The molecule has 1 aliphatic rings. The van der Waals surface area contributed by atoms with Gasteiger partial charge in [0.05, 0.1) is 30.9 Å². The van der Waals surface area contributed by atoms with E-state index in [1.807, 2.05) is 30.3 Å². The highest BCUT2D eigenvalue weighted by Gasteiger charge is 2.36. The van der Waals surface area contributed by atoms with Gasteiger partial charge in [0, 0.05) is 12.3 Å². The summed E-state index contributed by atoms with van der Waals surface area (Å²) in [4.78, 5) is 26.7. The molecule has 45 heavy (non-hydrogen) atoms. The molecule has 2 amide bonds. The van der Waals surface area contributed by atoms with Crippen molar-refractivity contribution in [2.24, 2.45) is 5.92 Å². The molecule has 0 saturated carbocycles. The molecule has 0 fully saturated rings. The molecule has 0 spiro atoms. The lowest BCUT2D eigenvalue weighted by Crippen LogP contribution is -2.48. The van der Waals surface area contributed by atoms with E-state index in [-0.39, 0.29) is 32.5 Å². The first-order valence-corrected chi connectivity index (χ1v) is 15.2. The molecule has 0 bridgehead atoms. The maximum atomic E-state index is 14.5. The highest BCUT2D eigenvalue weighted by Crippen LogP contribution is 2.34. The normalized spacial score (nSPS) is 17.9. The van der Waals surface area contributed by atoms with Gasteiger partial charge in [-0.2, -0.15) is 0 Å². The van der Waals surface area contributed by atoms with Crippen molar-refractivity contribution in [2.75, 3.05) is 13.2 Å². The van der Waals surface area contributed by atoms with E-state index in [0.29, 0.717) is 23.3 Å². The number of carbonyl (C=O) groups excluding carboxylic acids is 2. The molecule has 9 nitrogen and oxygen atoms in total. The van der Waals surface area contributed by atoms with Gasteiger partial charge in [0.25, 0.3) is 0 Å². The minimum atomic E-state index is -1.15. The van der Waals surface area contributed by atoms with Crippen LogP contribution in [-0.4, -0.2) is 64.4 Å². The van der Waals surface area contributed by atoms with Crippen molar-refractivity contribution < 1.29 is 38.8 Å². The number of ether oxygens (including phenoxy) is 2. The smallest absolute Gasteiger partial charge is 0.407 e. The van der Waals surface area contributed by atoms with Crippen LogP contribution in [0.3, 0.4) is 0 Å². The first-order chi connectivity index (χ1) is 21.4. The Kier molecular flexibility index (Phi) is 11.6. The molecule has 5 N–H and O–H groups in total. The van der Waals surface area contributed by atoms with Crippen molar-refractivity contribution >= 4 is 12.0 Å². The lowest BCUT2D eigenvalue weighted by Gasteiger charge is -2.29. The van der Waals surface area contributed by atoms with Gasteiger partial charge in [-0.05, 0) is 80.5 Å². The van der Waals surface area contributed by atoms with Crippen molar-refractivity contribution in [1.82, 2.24) is 10.6 Å². The Balaban J connectivity index is 1.57. The minimum Gasteiger partial charge on any atom is -0.491 e. The number of fused-ring (bicyclic) bond motifs is 1. The summed E-state index contributed by atoms with van der Waals surface area (Å²) in [6, 6.07) is 19.4. The van der Waals surface area contributed by atoms with E-state index in [1.54, 1.807) is 57.2 Å². The molecule has 10 heteroatoms. The van der Waals surface area contributed by atoms with Gasteiger partial charge >= 0.3 is 6.09 Å². The second-order valence-electron chi connectivity index (χ2n) is 12.4. The van der Waals surface area contributed by atoms with Gasteiger partial charge in [-0.25, -0.2) is 9.18 Å². The molecule has 0 unspecified atom stereocenters. The summed E-state index contributed by atoms with van der Waals surface area (Å²) in [7, 11) is 0. The van der Waals surface area contributed by atoms with Crippen LogP contribution >= 0.6 is 0 Å². The number of nitrogens with one attached hydrogen (secondary N) is 2. The summed E-state index contributed by atoms with van der Waals surface area (Å²) < 4.78 is 25.4. The van der Waals surface area contributed by atoms with Crippen molar-refractivity contribution in [3.63, 3.8) is 0 Å². The van der Waals surface area contributed by atoms with Crippen LogP contribution < -0.4 is 15.4 Å². The third kappa shape index (κ3) is 9.75. The third-order valence-electron chi connectivity index (χ3n) is 7.71. The predicted molar refractivity (Wildman–Crippen MR) is 167 cm³/mol. The van der Waals surface area contributed by atoms with E-state index in [4.69, 9.17) is 14.6 Å². The largest absolute Gasteiger partial charge is 0.491 e. The van der Waals surface area contributed by atoms with E-state index in [9.17, 15) is 24.2 Å². The van der Waals surface area contributed by atoms with Crippen molar-refractivity contribution in [2.45, 2.75) is 76.3 Å². The van der Waals surface area contributed by atoms with Crippen molar-refractivity contribution in [3.8, 4) is 5.75 Å². The van der Waals surface area contributed by atoms with E-state index < -0.39 is 53.6 Å². The van der Waals surface area contributed by atoms with Crippen LogP contribution in [0.5, 0.6) is 5.75 Å². The summed E-state index contributed by atoms with van der Waals surface area (Å²) in [5.74, 6) is -1.08. The summed E-state index contributed by atoms with van der Waals surface area (Å²) in [5.41, 5.74) is 1.81. The Bertz CT molecular complexity index is 1410. The lowest BCUT2D eigenvalue weighted by molar-refractivity contribution is -0.127. The van der Waals surface area contributed by atoms with Gasteiger partial charge in [0.2, 0.25) is 5.91 Å². The molecule has 3 aromatic carbocycles. The fourth-order valence-electron chi connectivity index (χ4n) is 5.58. The summed E-state index contributed by atoms with van der Waals surface area (Å²) >= 11 is 0. The van der Waals surface area contributed by atoms with E-state index >= 15 is 0 Å². The molecule has 3 aromatic rings. The quantitative estimate of drug-likeness (QED) is 0.194. The second kappa shape index (κ2) is 15.3. The predicted octanol–water partition coefficient (Wildman–Crippen LogP) is 4.02. The first-order valence-electron chi connectivity index (χ1n) is 15.2. The number of aliphatic hydroxyl groups excluding tert-OH is 3. The highest BCUT2D eigenvalue weighted by atomic mass is 19.1. The molecule has 5 atom stereocenters. The Morgan fingerprint density at radius 3 is 2.33 bits per heavy atom. The number of carbonyl (C=O) groups is 2. The Hall–Kier alpha value is -3.99. The van der Waals surface area contributed by atoms with Crippen LogP contribution in [0.4, 0.5) is 9.18 Å². The van der Waals surface area contributed by atoms with Crippen LogP contribution in [-0.2, 0) is 28.8 Å². The number of amides is 2. The molecule has 1 aliphatic carbocycles. The molecule has 0 heterocycles. The molecule has 0 radical (unpaired) electrons. The zero-order valence-corrected chi connectivity index (χ0v) is 25.9. The Morgan fingerprint density at radius 1 is 0.978 bits per heavy atom. The third-order valence-corrected chi connectivity index (χ3v) is 7.71. The molecule has 0 aliphatic heterocycles. The fraction of sp³-hybridized carbons (Fsp3) is 0.429. The molecule has 242 valence electrons. The summed E-state index contributed by atoms with van der Waals surface area (Å²) in [6.45, 7) is 5.27. The second-order valence-corrected chi connectivity index (χ2v) is 12.4. The molecule has 0 saturated heterocycles. The van der Waals surface area contributed by atoms with E-state index in [0.717, 1.165) is 11.1 Å². The first kappa shape index (κ1) is 33.9. The maximum Gasteiger partial charge on any atom is 0.407 e. The molecular formula is C35H43FN2O7. The highest BCUT2D eigenvalue weighted by molar-refractivity contribution is 5.80. The van der Waals surface area contributed by atoms with Crippen LogP contribution in [0.1, 0.15) is 55.5 Å². The van der Waals surface area contributed by atoms with Crippen molar-refractivity contribution in [3.05, 3.63) is 101 Å². The molecule has 4 rings (SSSR count). The average Bonchev–Trinajstić information content (AvgIpc) is 3.31. The Labute approximate surface area is 263 Å². The van der Waals surface area contributed by atoms with Gasteiger partial charge < -0.3 is 35.4 Å². The number of hydrogen-bond acceptors (Lipinski definition) is 7. The van der Waals surface area contributed by atoms with Gasteiger partial charge in [0.15, 0.2) is 0 Å². The average molecular weight is 623 g/mol. The lowest BCUT2D eigenvalue weighted by atomic mass is 9.88. The summed E-state index contributed by atoms with van der Waals surface area (Å²) in [6.07, 6.45) is -2.27. The molecule has 0 aromatic heterocycles. The summed E-state index contributed by atoms with van der Waals surface area (Å²) in [5, 5.41) is 37.1. The number of hydrogen-bond donors (Lipinski definition) is 5. The number of benzene rings is 3. The molecular weight excluding hydrogens is 579 g/mol.